The van der Waals surface area contributed by atoms with Crippen LogP contribution in [0, 0.1) is 12.7 Å². The van der Waals surface area contributed by atoms with Gasteiger partial charge in [-0.3, -0.25) is 0 Å². The van der Waals surface area contributed by atoms with E-state index < -0.39 is 11.8 Å². The van der Waals surface area contributed by atoms with Gasteiger partial charge in [-0.1, -0.05) is 0 Å². The van der Waals surface area contributed by atoms with E-state index in [0.29, 0.717) is 18.7 Å². The van der Waals surface area contributed by atoms with Crippen LogP contribution in [0.5, 0.6) is 0 Å². The molecule has 0 saturated carbocycles. The number of benzene rings is 1. The molecule has 2 rings (SSSR count). The zero-order chi connectivity index (χ0) is 14.7. The van der Waals surface area contributed by atoms with Crippen LogP contribution in [0.4, 0.5) is 10.1 Å². The van der Waals surface area contributed by atoms with Gasteiger partial charge in [-0.2, -0.15) is 0 Å². The van der Waals surface area contributed by atoms with Crippen molar-refractivity contribution in [1.29, 1.82) is 0 Å². The summed E-state index contributed by atoms with van der Waals surface area (Å²) in [6.07, 6.45) is -0.148. The number of ether oxygens (including phenoxy) is 2. The first-order chi connectivity index (χ1) is 9.47. The van der Waals surface area contributed by atoms with Crippen molar-refractivity contribution in [2.24, 2.45) is 0 Å². The SMILES string of the molecule is Cc1c(N)cc(C(=O)OCC2CN(C)CCO2)cc1F. The monoisotopic (exact) mass is 282 g/mol. The molecule has 1 fully saturated rings. The van der Waals surface area contributed by atoms with Crippen molar-refractivity contribution in [3.63, 3.8) is 0 Å². The zero-order valence-corrected chi connectivity index (χ0v) is 11.7. The van der Waals surface area contributed by atoms with E-state index in [1.807, 2.05) is 7.05 Å². The van der Waals surface area contributed by atoms with Gasteiger partial charge in [0.2, 0.25) is 0 Å². The summed E-state index contributed by atoms with van der Waals surface area (Å²) in [6, 6.07) is 2.57. The third-order valence-electron chi connectivity index (χ3n) is 3.36. The molecule has 0 amide bonds. The molecule has 1 aliphatic heterocycles. The first-order valence-electron chi connectivity index (χ1n) is 6.50. The van der Waals surface area contributed by atoms with Gasteiger partial charge in [0, 0.05) is 24.3 Å². The summed E-state index contributed by atoms with van der Waals surface area (Å²) in [5.74, 6) is -1.10. The Labute approximate surface area is 117 Å². The Kier molecular flexibility index (Phi) is 4.57. The van der Waals surface area contributed by atoms with Gasteiger partial charge in [0.25, 0.3) is 0 Å². The van der Waals surface area contributed by atoms with Gasteiger partial charge < -0.3 is 20.1 Å². The third-order valence-corrected chi connectivity index (χ3v) is 3.36. The van der Waals surface area contributed by atoms with Crippen molar-refractivity contribution in [3.05, 3.63) is 29.1 Å². The Bertz CT molecular complexity index is 484. The van der Waals surface area contributed by atoms with E-state index in [-0.39, 0.29) is 24.0 Å². The molecule has 5 nitrogen and oxygen atoms in total. The second-order valence-electron chi connectivity index (χ2n) is 5.03. The number of hydrogen-bond donors (Lipinski definition) is 1. The highest BCUT2D eigenvalue weighted by molar-refractivity contribution is 5.90. The predicted molar refractivity (Wildman–Crippen MR) is 73.1 cm³/mol. The van der Waals surface area contributed by atoms with Crippen LogP contribution in [0.3, 0.4) is 0 Å². The van der Waals surface area contributed by atoms with Crippen LogP contribution in [0.15, 0.2) is 12.1 Å². The number of nitrogen functional groups attached to an aromatic ring is 1. The number of likely N-dealkylation sites (N-methyl/N-ethyl adjacent to an activating group) is 1. The van der Waals surface area contributed by atoms with Gasteiger partial charge >= 0.3 is 5.97 Å². The smallest absolute Gasteiger partial charge is 0.338 e. The van der Waals surface area contributed by atoms with Gasteiger partial charge in [-0.05, 0) is 26.1 Å². The minimum Gasteiger partial charge on any atom is -0.459 e. The summed E-state index contributed by atoms with van der Waals surface area (Å²) < 4.78 is 24.2. The number of rotatable bonds is 3. The number of morpholine rings is 1. The average Bonchev–Trinajstić information content (AvgIpc) is 2.41. The standard InChI is InChI=1S/C14H19FN2O3/c1-9-12(15)5-10(6-13(9)16)14(18)20-8-11-7-17(2)3-4-19-11/h5-6,11H,3-4,7-8,16H2,1-2H3. The number of carbonyl (C=O) groups excluding carboxylic acids is 1. The van der Waals surface area contributed by atoms with E-state index >= 15 is 0 Å². The molecular weight excluding hydrogens is 263 g/mol. The summed E-state index contributed by atoms with van der Waals surface area (Å²) in [4.78, 5) is 14.0. The molecule has 1 unspecified atom stereocenters. The molecule has 0 bridgehead atoms. The average molecular weight is 282 g/mol. The summed E-state index contributed by atoms with van der Waals surface area (Å²) in [7, 11) is 1.98. The first kappa shape index (κ1) is 14.7. The Balaban J connectivity index is 1.95. The van der Waals surface area contributed by atoms with Crippen molar-refractivity contribution in [2.75, 3.05) is 39.1 Å². The highest BCUT2D eigenvalue weighted by Gasteiger charge is 2.20. The molecule has 1 heterocycles. The van der Waals surface area contributed by atoms with Gasteiger partial charge in [-0.15, -0.1) is 0 Å². The lowest BCUT2D eigenvalue weighted by atomic mass is 10.1. The maximum atomic E-state index is 13.5. The second-order valence-corrected chi connectivity index (χ2v) is 5.03. The molecule has 110 valence electrons. The van der Waals surface area contributed by atoms with Crippen LogP contribution in [0.25, 0.3) is 0 Å². The third kappa shape index (κ3) is 3.46. The minimum atomic E-state index is -0.590. The van der Waals surface area contributed by atoms with Crippen molar-refractivity contribution < 1.29 is 18.7 Å². The predicted octanol–water partition coefficient (Wildman–Crippen LogP) is 1.20. The largest absolute Gasteiger partial charge is 0.459 e. The number of nitrogens with two attached hydrogens (primary N) is 1. The molecule has 0 aromatic heterocycles. The van der Waals surface area contributed by atoms with E-state index in [9.17, 15) is 9.18 Å². The fourth-order valence-corrected chi connectivity index (χ4v) is 2.04. The van der Waals surface area contributed by atoms with Gasteiger partial charge in [0.05, 0.1) is 12.2 Å². The summed E-state index contributed by atoms with van der Waals surface area (Å²) in [5.41, 5.74) is 6.33. The zero-order valence-electron chi connectivity index (χ0n) is 11.7. The maximum absolute atomic E-state index is 13.5. The summed E-state index contributed by atoms with van der Waals surface area (Å²) in [5, 5.41) is 0. The molecule has 1 saturated heterocycles. The van der Waals surface area contributed by atoms with E-state index in [2.05, 4.69) is 4.90 Å². The van der Waals surface area contributed by atoms with Crippen LogP contribution in [0.2, 0.25) is 0 Å². The lowest BCUT2D eigenvalue weighted by molar-refractivity contribution is -0.0528. The van der Waals surface area contributed by atoms with Crippen LogP contribution in [-0.4, -0.2) is 50.3 Å². The van der Waals surface area contributed by atoms with Gasteiger partial charge in [0.15, 0.2) is 0 Å². The van der Waals surface area contributed by atoms with Crippen molar-refractivity contribution in [1.82, 2.24) is 4.90 Å². The van der Waals surface area contributed by atoms with E-state index in [0.717, 1.165) is 12.6 Å². The van der Waals surface area contributed by atoms with Crippen molar-refractivity contribution in [2.45, 2.75) is 13.0 Å². The molecule has 0 spiro atoms. The second kappa shape index (κ2) is 6.19. The molecule has 1 aliphatic rings. The molecule has 0 aliphatic carbocycles. The van der Waals surface area contributed by atoms with Crippen LogP contribution in [-0.2, 0) is 9.47 Å². The molecule has 6 heteroatoms. The Morgan fingerprint density at radius 2 is 2.35 bits per heavy atom. The van der Waals surface area contributed by atoms with E-state index in [1.165, 1.54) is 6.07 Å². The molecular formula is C14H19FN2O3. The van der Waals surface area contributed by atoms with Crippen molar-refractivity contribution in [3.8, 4) is 0 Å². The van der Waals surface area contributed by atoms with Crippen LogP contribution < -0.4 is 5.73 Å². The highest BCUT2D eigenvalue weighted by Crippen LogP contribution is 2.18. The first-order valence-corrected chi connectivity index (χ1v) is 6.50. The normalized spacial score (nSPS) is 19.9. The van der Waals surface area contributed by atoms with Crippen molar-refractivity contribution >= 4 is 11.7 Å². The molecule has 1 aromatic rings. The number of anilines is 1. The number of halogens is 1. The Morgan fingerprint density at radius 1 is 1.60 bits per heavy atom. The van der Waals surface area contributed by atoms with Gasteiger partial charge in [-0.25, -0.2) is 9.18 Å². The molecule has 1 atom stereocenters. The number of hydrogen-bond acceptors (Lipinski definition) is 5. The quantitative estimate of drug-likeness (QED) is 0.666. The van der Waals surface area contributed by atoms with Crippen LogP contribution in [0.1, 0.15) is 15.9 Å². The number of carbonyl (C=O) groups is 1. The fraction of sp³-hybridized carbons (Fsp3) is 0.500. The topological polar surface area (TPSA) is 64.8 Å². The minimum absolute atomic E-state index is 0.120. The van der Waals surface area contributed by atoms with Crippen LogP contribution >= 0.6 is 0 Å². The van der Waals surface area contributed by atoms with E-state index in [4.69, 9.17) is 15.2 Å². The molecule has 2 N–H and O–H groups in total. The fourth-order valence-electron chi connectivity index (χ4n) is 2.04. The maximum Gasteiger partial charge on any atom is 0.338 e. The molecule has 0 radical (unpaired) electrons. The molecule has 1 aromatic carbocycles. The lowest BCUT2D eigenvalue weighted by Gasteiger charge is -2.29. The Hall–Kier alpha value is -1.66. The van der Waals surface area contributed by atoms with Gasteiger partial charge in [0.1, 0.15) is 18.5 Å². The molecule has 20 heavy (non-hydrogen) atoms. The van der Waals surface area contributed by atoms with E-state index in [1.54, 1.807) is 6.92 Å². The highest BCUT2D eigenvalue weighted by atomic mass is 19.1. The lowest BCUT2D eigenvalue weighted by Crippen LogP contribution is -2.42. The number of nitrogens with zero attached hydrogens (tertiary/aromatic N) is 1. The summed E-state index contributed by atoms with van der Waals surface area (Å²) >= 11 is 0. The number of esters is 1. The summed E-state index contributed by atoms with van der Waals surface area (Å²) in [6.45, 7) is 3.90. The Morgan fingerprint density at radius 3 is 3.00 bits per heavy atom.